The number of carbonyl (C=O) groups is 1. The van der Waals surface area contributed by atoms with Crippen molar-refractivity contribution in [1.29, 1.82) is 0 Å². The number of aliphatic hydroxyl groups is 1. The van der Waals surface area contributed by atoms with Crippen LogP contribution in [0.1, 0.15) is 55.4 Å². The third-order valence-corrected chi connectivity index (χ3v) is 8.70. The van der Waals surface area contributed by atoms with Crippen LogP contribution in [-0.4, -0.2) is 52.4 Å². The Morgan fingerprint density at radius 2 is 2.17 bits per heavy atom. The molecule has 0 amide bonds. The van der Waals surface area contributed by atoms with Crippen molar-refractivity contribution in [3.05, 3.63) is 40.2 Å². The number of anilines is 1. The van der Waals surface area contributed by atoms with E-state index in [-0.39, 0.29) is 23.8 Å². The second kappa shape index (κ2) is 9.58. The van der Waals surface area contributed by atoms with Gasteiger partial charge < -0.3 is 19.3 Å². The SMILES string of the molecule is COC(=O)c1c(N2CC[C@H](CO)C2)sc(-c2ccc3c(c2)ncn3[C@H]2CCC[C@H](C)C2)c1[N+](=O)[O-]. The Labute approximate surface area is 207 Å². The minimum Gasteiger partial charge on any atom is -0.465 e. The van der Waals surface area contributed by atoms with Crippen LogP contribution in [0.15, 0.2) is 24.5 Å². The Hall–Kier alpha value is -2.98. The highest BCUT2D eigenvalue weighted by Gasteiger charge is 2.37. The number of nitro groups is 1. The molecule has 1 saturated carbocycles. The fraction of sp³-hybridized carbons (Fsp3) is 0.520. The Morgan fingerprint density at radius 3 is 2.86 bits per heavy atom. The molecule has 1 saturated heterocycles. The molecule has 10 heteroatoms. The second-order valence-electron chi connectivity index (χ2n) is 9.77. The van der Waals surface area contributed by atoms with E-state index in [0.29, 0.717) is 40.5 Å². The highest BCUT2D eigenvalue weighted by atomic mass is 32.1. The molecule has 1 aliphatic carbocycles. The molecule has 1 aliphatic heterocycles. The number of aliphatic hydroxyl groups excluding tert-OH is 1. The number of hydrogen-bond donors (Lipinski definition) is 1. The predicted molar refractivity (Wildman–Crippen MR) is 135 cm³/mol. The molecule has 3 heterocycles. The lowest BCUT2D eigenvalue weighted by Crippen LogP contribution is -2.22. The van der Waals surface area contributed by atoms with Crippen molar-refractivity contribution < 1.29 is 19.6 Å². The van der Waals surface area contributed by atoms with Gasteiger partial charge in [-0.25, -0.2) is 9.78 Å². The molecule has 1 aromatic carbocycles. The fourth-order valence-corrected chi connectivity index (χ4v) is 6.86. The van der Waals surface area contributed by atoms with Crippen LogP contribution in [0, 0.1) is 22.0 Å². The largest absolute Gasteiger partial charge is 0.465 e. The molecule has 1 N–H and O–H groups in total. The van der Waals surface area contributed by atoms with Crippen LogP contribution in [0.4, 0.5) is 10.7 Å². The number of imidazole rings is 1. The summed E-state index contributed by atoms with van der Waals surface area (Å²) in [5.41, 5.74) is 2.21. The Morgan fingerprint density at radius 1 is 1.34 bits per heavy atom. The van der Waals surface area contributed by atoms with Gasteiger partial charge in [0.1, 0.15) is 9.88 Å². The van der Waals surface area contributed by atoms with Crippen LogP contribution in [0.5, 0.6) is 0 Å². The minimum absolute atomic E-state index is 0.0158. The molecule has 2 aromatic heterocycles. The zero-order chi connectivity index (χ0) is 24.7. The van der Waals surface area contributed by atoms with E-state index in [0.717, 1.165) is 30.3 Å². The smallest absolute Gasteiger partial charge is 0.347 e. The molecular weight excluding hydrogens is 468 g/mol. The molecule has 9 nitrogen and oxygen atoms in total. The van der Waals surface area contributed by atoms with Gasteiger partial charge in [0.15, 0.2) is 5.56 Å². The normalized spacial score (nSPS) is 22.6. The average Bonchev–Trinajstić information content (AvgIpc) is 3.59. The summed E-state index contributed by atoms with van der Waals surface area (Å²) in [5.74, 6) is 0.0387. The van der Waals surface area contributed by atoms with E-state index in [1.165, 1.54) is 31.3 Å². The standard InChI is InChI=1S/C25H30N4O5S/c1-15-4-3-5-18(10-15)28-14-26-19-11-17(6-7-20(19)28)23-22(29(32)33)21(25(31)34-2)24(35-23)27-9-8-16(12-27)13-30/h6-7,11,14-16,18,30H,3-5,8-10,12-13H2,1-2H3/t15-,16-,18-/m0/s1. The molecule has 0 unspecified atom stereocenters. The Kier molecular flexibility index (Phi) is 6.50. The third kappa shape index (κ3) is 4.29. The molecule has 3 aromatic rings. The third-order valence-electron chi connectivity index (χ3n) is 7.41. The number of thiophene rings is 1. The summed E-state index contributed by atoms with van der Waals surface area (Å²) in [4.78, 5) is 31.4. The number of ether oxygens (including phenoxy) is 1. The predicted octanol–water partition coefficient (Wildman–Crippen LogP) is 5.03. The van der Waals surface area contributed by atoms with Crippen molar-refractivity contribution in [2.24, 2.45) is 11.8 Å². The van der Waals surface area contributed by atoms with Crippen molar-refractivity contribution in [1.82, 2.24) is 9.55 Å². The number of rotatable bonds is 6. The van der Waals surface area contributed by atoms with Crippen LogP contribution in [0.25, 0.3) is 21.5 Å². The highest BCUT2D eigenvalue weighted by Crippen LogP contribution is 2.49. The molecule has 0 bridgehead atoms. The molecule has 5 rings (SSSR count). The van der Waals surface area contributed by atoms with Gasteiger partial charge in [-0.2, -0.15) is 0 Å². The monoisotopic (exact) mass is 498 g/mol. The van der Waals surface area contributed by atoms with E-state index < -0.39 is 10.9 Å². The van der Waals surface area contributed by atoms with E-state index in [1.54, 1.807) is 0 Å². The van der Waals surface area contributed by atoms with E-state index >= 15 is 0 Å². The maximum Gasteiger partial charge on any atom is 0.347 e. The van der Waals surface area contributed by atoms with Gasteiger partial charge in [0.05, 0.1) is 29.4 Å². The summed E-state index contributed by atoms with van der Waals surface area (Å²) in [5, 5.41) is 22.3. The summed E-state index contributed by atoms with van der Waals surface area (Å²) in [6.45, 7) is 3.50. The van der Waals surface area contributed by atoms with Crippen molar-refractivity contribution in [2.75, 3.05) is 31.7 Å². The van der Waals surface area contributed by atoms with Crippen molar-refractivity contribution in [2.45, 2.75) is 45.1 Å². The van der Waals surface area contributed by atoms with E-state index in [4.69, 9.17) is 4.74 Å². The quantitative estimate of drug-likeness (QED) is 0.288. The molecule has 0 spiro atoms. The van der Waals surface area contributed by atoms with Gasteiger partial charge in [0, 0.05) is 37.2 Å². The molecule has 0 radical (unpaired) electrons. The molecular formula is C25H30N4O5S. The molecule has 186 valence electrons. The lowest BCUT2D eigenvalue weighted by molar-refractivity contribution is -0.384. The maximum atomic E-state index is 12.7. The van der Waals surface area contributed by atoms with Gasteiger partial charge in [-0.05, 0) is 37.3 Å². The zero-order valence-electron chi connectivity index (χ0n) is 20.0. The minimum atomic E-state index is -0.724. The second-order valence-corrected chi connectivity index (χ2v) is 10.8. The lowest BCUT2D eigenvalue weighted by atomic mass is 9.87. The number of nitrogens with zero attached hydrogens (tertiary/aromatic N) is 4. The number of methoxy groups -OCH3 is 1. The number of fused-ring (bicyclic) bond motifs is 1. The number of esters is 1. The Bertz CT molecular complexity index is 1270. The number of carbonyl (C=O) groups excluding carboxylic acids is 1. The van der Waals surface area contributed by atoms with Crippen molar-refractivity contribution in [3.63, 3.8) is 0 Å². The summed E-state index contributed by atoms with van der Waals surface area (Å²) >= 11 is 1.23. The summed E-state index contributed by atoms with van der Waals surface area (Å²) in [6, 6.07) is 6.16. The van der Waals surface area contributed by atoms with Crippen LogP contribution in [0.3, 0.4) is 0 Å². The van der Waals surface area contributed by atoms with Crippen LogP contribution >= 0.6 is 11.3 Å². The molecule has 2 aliphatic rings. The summed E-state index contributed by atoms with van der Waals surface area (Å²) in [6.07, 6.45) is 7.37. The van der Waals surface area contributed by atoms with Gasteiger partial charge >= 0.3 is 11.7 Å². The molecule has 2 fully saturated rings. The topological polar surface area (TPSA) is 111 Å². The Balaban J connectivity index is 1.59. The fourth-order valence-electron chi connectivity index (χ4n) is 5.57. The number of hydrogen-bond acceptors (Lipinski definition) is 8. The number of aromatic nitrogens is 2. The average molecular weight is 499 g/mol. The van der Waals surface area contributed by atoms with Gasteiger partial charge in [0.2, 0.25) is 0 Å². The summed E-state index contributed by atoms with van der Waals surface area (Å²) in [7, 11) is 1.23. The first-order valence-corrected chi connectivity index (χ1v) is 12.9. The van der Waals surface area contributed by atoms with Crippen LogP contribution < -0.4 is 4.90 Å². The maximum absolute atomic E-state index is 12.7. The lowest BCUT2D eigenvalue weighted by Gasteiger charge is -2.28. The van der Waals surface area contributed by atoms with Gasteiger partial charge in [-0.3, -0.25) is 10.1 Å². The first-order chi connectivity index (χ1) is 16.9. The van der Waals surface area contributed by atoms with Crippen LogP contribution in [0.2, 0.25) is 0 Å². The van der Waals surface area contributed by atoms with Crippen molar-refractivity contribution >= 4 is 39.0 Å². The first kappa shape index (κ1) is 23.7. The van der Waals surface area contributed by atoms with E-state index in [1.807, 2.05) is 29.4 Å². The van der Waals surface area contributed by atoms with E-state index in [9.17, 15) is 20.0 Å². The van der Waals surface area contributed by atoms with E-state index in [2.05, 4.69) is 16.5 Å². The molecule has 3 atom stereocenters. The number of benzene rings is 1. The van der Waals surface area contributed by atoms with Gasteiger partial charge in [-0.15, -0.1) is 11.3 Å². The highest BCUT2D eigenvalue weighted by molar-refractivity contribution is 7.20. The van der Waals surface area contributed by atoms with Gasteiger partial charge in [0.25, 0.3) is 0 Å². The van der Waals surface area contributed by atoms with Gasteiger partial charge in [-0.1, -0.05) is 25.8 Å². The van der Waals surface area contributed by atoms with Crippen LogP contribution in [-0.2, 0) is 4.74 Å². The molecule has 35 heavy (non-hydrogen) atoms. The zero-order valence-corrected chi connectivity index (χ0v) is 20.8. The first-order valence-electron chi connectivity index (χ1n) is 12.1. The summed E-state index contributed by atoms with van der Waals surface area (Å²) < 4.78 is 7.19. The van der Waals surface area contributed by atoms with Crippen molar-refractivity contribution in [3.8, 4) is 10.4 Å².